The number of carbonyl (C=O) groups excluding carboxylic acids is 1. The maximum Gasteiger partial charge on any atom is 0.419 e. The number of amides is 1. The molecule has 1 amide bonds. The molecule has 0 saturated carbocycles. The summed E-state index contributed by atoms with van der Waals surface area (Å²) in [7, 11) is 0. The third kappa shape index (κ3) is 6.87. The van der Waals surface area contributed by atoms with E-state index < -0.39 is 64.9 Å². The fraction of sp³-hybridized carbons (Fsp3) is 0.407. The third-order valence-corrected chi connectivity index (χ3v) is 6.14. The molecule has 0 aliphatic rings. The zero-order valence-electron chi connectivity index (χ0n) is 21.3. The van der Waals surface area contributed by atoms with Crippen LogP contribution in [0.15, 0.2) is 31.0 Å². The molecule has 2 rings (SSSR count). The van der Waals surface area contributed by atoms with Gasteiger partial charge >= 0.3 is 12.1 Å². The van der Waals surface area contributed by atoms with E-state index in [0.717, 1.165) is 0 Å². The van der Waals surface area contributed by atoms with Crippen molar-refractivity contribution in [1.82, 2.24) is 10.6 Å². The fourth-order valence-corrected chi connectivity index (χ4v) is 4.25. The van der Waals surface area contributed by atoms with Crippen LogP contribution in [0.2, 0.25) is 0 Å². The predicted octanol–water partition coefficient (Wildman–Crippen LogP) is 6.36. The largest absolute Gasteiger partial charge is 0.481 e. The van der Waals surface area contributed by atoms with Crippen LogP contribution in [0.1, 0.15) is 60.5 Å². The molecule has 0 bridgehead atoms. The topological polar surface area (TPSA) is 78.4 Å². The smallest absolute Gasteiger partial charge is 0.419 e. The molecular weight excluding hydrogens is 495 g/mol. The van der Waals surface area contributed by atoms with Gasteiger partial charge < -0.3 is 15.7 Å². The Hall–Kier alpha value is -3.43. The van der Waals surface area contributed by atoms with Crippen molar-refractivity contribution < 1.29 is 36.6 Å². The first kappa shape index (κ1) is 29.8. The molecule has 0 aliphatic heterocycles. The Kier molecular flexibility index (Phi) is 9.46. The van der Waals surface area contributed by atoms with Gasteiger partial charge in [0.15, 0.2) is 0 Å². The summed E-state index contributed by atoms with van der Waals surface area (Å²) in [5.41, 5.74) is -1.73. The van der Waals surface area contributed by atoms with E-state index in [1.165, 1.54) is 6.20 Å². The molecule has 0 fully saturated rings. The van der Waals surface area contributed by atoms with Crippen LogP contribution in [0.25, 0.3) is 11.1 Å². The normalized spacial score (nSPS) is 13.3. The van der Waals surface area contributed by atoms with Crippen LogP contribution < -0.4 is 10.6 Å². The van der Waals surface area contributed by atoms with E-state index in [1.807, 2.05) is 13.8 Å². The van der Waals surface area contributed by atoms with Gasteiger partial charge in [-0.2, -0.15) is 13.2 Å². The number of carboxylic acids is 1. The van der Waals surface area contributed by atoms with Gasteiger partial charge in [0.25, 0.3) is 0 Å². The van der Waals surface area contributed by atoms with Crippen molar-refractivity contribution in [3.8, 4) is 11.1 Å². The molecule has 37 heavy (non-hydrogen) atoms. The quantitative estimate of drug-likeness (QED) is 0.315. The molecule has 202 valence electrons. The van der Waals surface area contributed by atoms with Gasteiger partial charge in [0.1, 0.15) is 17.7 Å². The first-order valence-electron chi connectivity index (χ1n) is 11.6. The highest BCUT2D eigenvalue weighted by atomic mass is 19.4. The van der Waals surface area contributed by atoms with Crippen LogP contribution in [0.4, 0.5) is 22.0 Å². The Morgan fingerprint density at radius 3 is 2.19 bits per heavy atom. The van der Waals surface area contributed by atoms with E-state index in [0.29, 0.717) is 22.8 Å². The molecule has 2 aromatic rings. The lowest BCUT2D eigenvalue weighted by molar-refractivity contribution is -0.140. The molecule has 0 spiro atoms. The van der Waals surface area contributed by atoms with Crippen LogP contribution in [-0.2, 0) is 15.8 Å². The number of hydrogen-bond acceptors (Lipinski definition) is 3. The highest BCUT2D eigenvalue weighted by molar-refractivity contribution is 5.83. The summed E-state index contributed by atoms with van der Waals surface area (Å²) < 4.78 is 73.1. The molecule has 3 N–H and O–H groups in total. The number of aliphatic carboxylic acids is 1. The van der Waals surface area contributed by atoms with Gasteiger partial charge in [-0.05, 0) is 67.6 Å². The van der Waals surface area contributed by atoms with Gasteiger partial charge in [0.2, 0.25) is 5.91 Å². The molecule has 2 atom stereocenters. The van der Waals surface area contributed by atoms with Crippen molar-refractivity contribution >= 4 is 11.9 Å². The molecular formula is C27H31F5N2O3. The SMILES string of the molecule is C=CNC(CC(C)C)C(=O)N[C@@H](CC(=O)O)c1c(F)c(-c2c(C)ccc(C)c2C)cc(C(F)(F)F)c1F. The lowest BCUT2D eigenvalue weighted by Crippen LogP contribution is -2.45. The van der Waals surface area contributed by atoms with Crippen molar-refractivity contribution in [2.24, 2.45) is 5.92 Å². The standard InChI is InChI=1S/C27H31F5N2O3/c1-7-33-20(10-13(2)3)26(37)34-19(12-21(35)36)23-24(28)17(11-18(25(23)29)27(30,31)32)22-15(5)9-8-14(4)16(22)6/h7-9,11,13,19-20,33H,1,10,12H2,2-6H3,(H,34,37)(H,35,36)/t19-,20?/m0/s1. The Balaban J connectivity index is 2.84. The number of carbonyl (C=O) groups is 2. The third-order valence-electron chi connectivity index (χ3n) is 6.14. The van der Waals surface area contributed by atoms with Gasteiger partial charge in [-0.3, -0.25) is 9.59 Å². The molecule has 0 radical (unpaired) electrons. The van der Waals surface area contributed by atoms with E-state index in [-0.39, 0.29) is 17.9 Å². The zero-order chi connectivity index (χ0) is 28.2. The minimum Gasteiger partial charge on any atom is -0.481 e. The summed E-state index contributed by atoms with van der Waals surface area (Å²) in [5.74, 6) is -5.75. The molecule has 2 aromatic carbocycles. The lowest BCUT2D eigenvalue weighted by atomic mass is 9.87. The molecule has 1 unspecified atom stereocenters. The summed E-state index contributed by atoms with van der Waals surface area (Å²) >= 11 is 0. The minimum atomic E-state index is -5.21. The van der Waals surface area contributed by atoms with Crippen LogP contribution >= 0.6 is 0 Å². The monoisotopic (exact) mass is 526 g/mol. The fourth-order valence-electron chi connectivity index (χ4n) is 4.25. The van der Waals surface area contributed by atoms with E-state index in [2.05, 4.69) is 17.2 Å². The summed E-state index contributed by atoms with van der Waals surface area (Å²) in [6.07, 6.45) is -4.78. The molecule has 0 aromatic heterocycles. The number of hydrogen-bond donors (Lipinski definition) is 3. The minimum absolute atomic E-state index is 0.0120. The predicted molar refractivity (Wildman–Crippen MR) is 131 cm³/mol. The van der Waals surface area contributed by atoms with Crippen LogP contribution in [-0.4, -0.2) is 23.0 Å². The van der Waals surface area contributed by atoms with Crippen molar-refractivity contribution in [2.45, 2.75) is 65.7 Å². The van der Waals surface area contributed by atoms with Gasteiger partial charge in [-0.1, -0.05) is 32.6 Å². The van der Waals surface area contributed by atoms with Crippen molar-refractivity contribution in [3.05, 3.63) is 70.4 Å². The number of aryl methyl sites for hydroxylation is 2. The zero-order valence-corrected chi connectivity index (χ0v) is 21.3. The van der Waals surface area contributed by atoms with E-state index >= 15 is 8.78 Å². The molecule has 0 heterocycles. The maximum atomic E-state index is 16.0. The lowest BCUT2D eigenvalue weighted by Gasteiger charge is -2.26. The Morgan fingerprint density at radius 2 is 1.68 bits per heavy atom. The second kappa shape index (κ2) is 11.7. The second-order valence-electron chi connectivity index (χ2n) is 9.42. The van der Waals surface area contributed by atoms with Gasteiger partial charge in [-0.15, -0.1) is 0 Å². The van der Waals surface area contributed by atoms with E-state index in [1.54, 1.807) is 32.9 Å². The van der Waals surface area contributed by atoms with E-state index in [4.69, 9.17) is 0 Å². The highest BCUT2D eigenvalue weighted by Gasteiger charge is 2.40. The van der Waals surface area contributed by atoms with Gasteiger partial charge in [0, 0.05) is 11.1 Å². The maximum absolute atomic E-state index is 16.0. The number of nitrogens with one attached hydrogen (secondary N) is 2. The highest BCUT2D eigenvalue weighted by Crippen LogP contribution is 2.42. The van der Waals surface area contributed by atoms with Crippen LogP contribution in [0, 0.1) is 38.3 Å². The Bertz CT molecular complexity index is 1190. The first-order chi connectivity index (χ1) is 17.1. The van der Waals surface area contributed by atoms with Crippen LogP contribution in [0.3, 0.4) is 0 Å². The van der Waals surface area contributed by atoms with Gasteiger partial charge in [0.05, 0.1) is 18.0 Å². The van der Waals surface area contributed by atoms with Gasteiger partial charge in [-0.25, -0.2) is 8.78 Å². The summed E-state index contributed by atoms with van der Waals surface area (Å²) in [4.78, 5) is 24.6. The Labute approximate surface area is 212 Å². The number of rotatable bonds is 10. The summed E-state index contributed by atoms with van der Waals surface area (Å²) in [6, 6.07) is 0.838. The van der Waals surface area contributed by atoms with Crippen molar-refractivity contribution in [3.63, 3.8) is 0 Å². The average Bonchev–Trinajstić information content (AvgIpc) is 2.76. The van der Waals surface area contributed by atoms with E-state index in [9.17, 15) is 27.9 Å². The van der Waals surface area contributed by atoms with Crippen LogP contribution in [0.5, 0.6) is 0 Å². The number of halogens is 5. The summed E-state index contributed by atoms with van der Waals surface area (Å²) in [6.45, 7) is 12.0. The molecule has 0 aliphatic carbocycles. The number of benzene rings is 2. The average molecular weight is 527 g/mol. The molecule has 5 nitrogen and oxygen atoms in total. The molecule has 10 heteroatoms. The first-order valence-corrected chi connectivity index (χ1v) is 11.6. The van der Waals surface area contributed by atoms with Crippen molar-refractivity contribution in [2.75, 3.05) is 0 Å². The number of carboxylic acid groups (broad SMARTS) is 1. The summed E-state index contributed by atoms with van der Waals surface area (Å²) in [5, 5.41) is 14.4. The number of alkyl halides is 3. The second-order valence-corrected chi connectivity index (χ2v) is 9.42. The Morgan fingerprint density at radius 1 is 1.08 bits per heavy atom. The van der Waals surface area contributed by atoms with Crippen molar-refractivity contribution in [1.29, 1.82) is 0 Å². The molecule has 0 saturated heterocycles.